The molecule has 0 aliphatic heterocycles. The standard InChI is InChI=1S/C28H30FN5O4/c1-27(2,3)37-25(35)33(7)23-11-8-18(15-31-23)19-9-10-20(32-24(19)29)21-14-17-12-13-30-16-22(17)34(21)26(36)38-28(4,5)6/h8-16H,1-7H3. The van der Waals surface area contributed by atoms with E-state index in [1.807, 2.05) is 0 Å². The van der Waals surface area contributed by atoms with Gasteiger partial charge in [0.25, 0.3) is 0 Å². The zero-order chi connectivity index (χ0) is 27.8. The fraction of sp³-hybridized carbons (Fsp3) is 0.321. The maximum Gasteiger partial charge on any atom is 0.419 e. The molecule has 0 aromatic carbocycles. The SMILES string of the molecule is CN(C(=O)OC(C)(C)C)c1ccc(-c2ccc(-c3cc4ccncc4n3C(=O)OC(C)(C)C)nc2F)cn1. The highest BCUT2D eigenvalue weighted by molar-refractivity contribution is 5.95. The van der Waals surface area contributed by atoms with Crippen molar-refractivity contribution in [1.29, 1.82) is 0 Å². The number of hydrogen-bond donors (Lipinski definition) is 0. The van der Waals surface area contributed by atoms with Crippen LogP contribution in [0, 0.1) is 5.95 Å². The smallest absolute Gasteiger partial charge is 0.419 e. The average Bonchev–Trinajstić information content (AvgIpc) is 3.21. The summed E-state index contributed by atoms with van der Waals surface area (Å²) in [6, 6.07) is 9.94. The number of halogens is 1. The van der Waals surface area contributed by atoms with Crippen LogP contribution < -0.4 is 4.90 Å². The summed E-state index contributed by atoms with van der Waals surface area (Å²) < 4.78 is 27.6. The maximum absolute atomic E-state index is 15.3. The number of carbonyl (C=O) groups is 2. The summed E-state index contributed by atoms with van der Waals surface area (Å²) in [5, 5.41) is 0.737. The molecule has 0 aliphatic carbocycles. The predicted molar refractivity (Wildman–Crippen MR) is 142 cm³/mol. The third kappa shape index (κ3) is 5.80. The van der Waals surface area contributed by atoms with E-state index in [1.54, 1.807) is 97.4 Å². The van der Waals surface area contributed by atoms with Gasteiger partial charge < -0.3 is 9.47 Å². The molecule has 38 heavy (non-hydrogen) atoms. The van der Waals surface area contributed by atoms with E-state index in [-0.39, 0.29) is 11.3 Å². The lowest BCUT2D eigenvalue weighted by Crippen LogP contribution is -2.34. The Morgan fingerprint density at radius 1 is 0.947 bits per heavy atom. The Bertz CT molecular complexity index is 1500. The summed E-state index contributed by atoms with van der Waals surface area (Å²) >= 11 is 0. The van der Waals surface area contributed by atoms with Crippen molar-refractivity contribution in [2.45, 2.75) is 52.7 Å². The van der Waals surface area contributed by atoms with Crippen LogP contribution in [0.15, 0.2) is 55.0 Å². The molecule has 0 atom stereocenters. The van der Waals surface area contributed by atoms with Crippen molar-refractivity contribution in [2.75, 3.05) is 11.9 Å². The van der Waals surface area contributed by atoms with Gasteiger partial charge in [-0.25, -0.2) is 24.1 Å². The Balaban J connectivity index is 1.66. The van der Waals surface area contributed by atoms with Crippen LogP contribution in [0.5, 0.6) is 0 Å². The van der Waals surface area contributed by atoms with Gasteiger partial charge in [0, 0.05) is 36.0 Å². The van der Waals surface area contributed by atoms with E-state index in [1.165, 1.54) is 15.7 Å². The molecule has 9 nitrogen and oxygen atoms in total. The highest BCUT2D eigenvalue weighted by atomic mass is 19.1. The summed E-state index contributed by atoms with van der Waals surface area (Å²) in [5.74, 6) is -0.389. The zero-order valence-corrected chi connectivity index (χ0v) is 22.4. The number of aromatic nitrogens is 4. The summed E-state index contributed by atoms with van der Waals surface area (Å²) in [7, 11) is 1.55. The maximum atomic E-state index is 15.3. The summed E-state index contributed by atoms with van der Waals surface area (Å²) in [6.45, 7) is 10.6. The first kappa shape index (κ1) is 26.7. The minimum Gasteiger partial charge on any atom is -0.443 e. The molecule has 0 fully saturated rings. The molecule has 0 unspecified atom stereocenters. The van der Waals surface area contributed by atoms with Crippen molar-refractivity contribution in [1.82, 2.24) is 19.5 Å². The molecule has 0 aliphatic rings. The van der Waals surface area contributed by atoms with Crippen LogP contribution in [-0.2, 0) is 9.47 Å². The highest BCUT2D eigenvalue weighted by Crippen LogP contribution is 2.31. The largest absolute Gasteiger partial charge is 0.443 e. The monoisotopic (exact) mass is 519 g/mol. The molecule has 4 heterocycles. The summed E-state index contributed by atoms with van der Waals surface area (Å²) in [4.78, 5) is 39.2. The van der Waals surface area contributed by atoms with Gasteiger partial charge in [-0.3, -0.25) is 9.88 Å². The van der Waals surface area contributed by atoms with E-state index in [9.17, 15) is 9.59 Å². The van der Waals surface area contributed by atoms with Crippen LogP contribution in [0.2, 0.25) is 0 Å². The van der Waals surface area contributed by atoms with Crippen molar-refractivity contribution in [3.63, 3.8) is 0 Å². The van der Waals surface area contributed by atoms with Crippen molar-refractivity contribution in [3.05, 3.63) is 60.9 Å². The second-order valence-corrected chi connectivity index (χ2v) is 10.8. The summed E-state index contributed by atoms with van der Waals surface area (Å²) in [6.07, 6.45) is 3.45. The third-order valence-electron chi connectivity index (χ3n) is 5.36. The van der Waals surface area contributed by atoms with Crippen LogP contribution in [0.4, 0.5) is 19.8 Å². The van der Waals surface area contributed by atoms with Crippen LogP contribution in [0.3, 0.4) is 0 Å². The normalized spacial score (nSPS) is 11.9. The molecular weight excluding hydrogens is 489 g/mol. The van der Waals surface area contributed by atoms with E-state index in [0.717, 1.165) is 5.39 Å². The molecular formula is C28H30FN5O4. The van der Waals surface area contributed by atoms with Gasteiger partial charge in [-0.05, 0) is 77.9 Å². The summed E-state index contributed by atoms with van der Waals surface area (Å²) in [5.41, 5.74) is 0.466. The Hall–Kier alpha value is -4.34. The van der Waals surface area contributed by atoms with Crippen molar-refractivity contribution in [3.8, 4) is 22.5 Å². The number of pyridine rings is 3. The number of hydrogen-bond acceptors (Lipinski definition) is 7. The van der Waals surface area contributed by atoms with E-state index in [4.69, 9.17) is 9.47 Å². The van der Waals surface area contributed by atoms with E-state index >= 15 is 4.39 Å². The van der Waals surface area contributed by atoms with E-state index in [0.29, 0.717) is 22.6 Å². The number of rotatable bonds is 3. The minimum atomic E-state index is -0.739. The lowest BCUT2D eigenvalue weighted by atomic mass is 10.1. The molecule has 4 aromatic heterocycles. The minimum absolute atomic E-state index is 0.217. The molecule has 10 heteroatoms. The van der Waals surface area contributed by atoms with Gasteiger partial charge in [0.15, 0.2) is 0 Å². The molecule has 0 radical (unpaired) electrons. The molecule has 0 N–H and O–H groups in total. The molecule has 4 aromatic rings. The van der Waals surface area contributed by atoms with Gasteiger partial charge in [-0.2, -0.15) is 4.39 Å². The van der Waals surface area contributed by atoms with Crippen molar-refractivity contribution >= 4 is 28.9 Å². The number of ether oxygens (including phenoxy) is 2. The quantitative estimate of drug-likeness (QED) is 0.287. The van der Waals surface area contributed by atoms with Gasteiger partial charge in [0.2, 0.25) is 5.95 Å². The van der Waals surface area contributed by atoms with Gasteiger partial charge in [0.05, 0.1) is 23.1 Å². The lowest BCUT2D eigenvalue weighted by Gasteiger charge is -2.24. The first-order chi connectivity index (χ1) is 17.7. The Morgan fingerprint density at radius 2 is 1.66 bits per heavy atom. The fourth-order valence-corrected chi connectivity index (χ4v) is 3.70. The molecule has 198 valence electrons. The molecule has 4 rings (SSSR count). The molecule has 0 saturated heterocycles. The van der Waals surface area contributed by atoms with Crippen LogP contribution in [0.1, 0.15) is 41.5 Å². The van der Waals surface area contributed by atoms with Gasteiger partial charge >= 0.3 is 12.2 Å². The Kier molecular flexibility index (Phi) is 6.92. The van der Waals surface area contributed by atoms with E-state index in [2.05, 4.69) is 15.0 Å². The Labute approximate surface area is 220 Å². The topological polar surface area (TPSA) is 99.4 Å². The molecule has 1 amide bonds. The molecule has 0 spiro atoms. The lowest BCUT2D eigenvalue weighted by molar-refractivity contribution is 0.0544. The Morgan fingerprint density at radius 3 is 2.26 bits per heavy atom. The van der Waals surface area contributed by atoms with Gasteiger partial charge in [-0.15, -0.1) is 0 Å². The molecule has 0 saturated carbocycles. The zero-order valence-electron chi connectivity index (χ0n) is 22.4. The van der Waals surface area contributed by atoms with Gasteiger partial charge in [-0.1, -0.05) is 0 Å². The van der Waals surface area contributed by atoms with Crippen LogP contribution >= 0.6 is 0 Å². The second-order valence-electron chi connectivity index (χ2n) is 10.8. The second kappa shape index (κ2) is 9.85. The van der Waals surface area contributed by atoms with Crippen LogP contribution in [0.25, 0.3) is 33.4 Å². The van der Waals surface area contributed by atoms with Crippen molar-refractivity contribution < 1.29 is 23.5 Å². The molecule has 0 bridgehead atoms. The first-order valence-electron chi connectivity index (χ1n) is 12.0. The van der Waals surface area contributed by atoms with Crippen LogP contribution in [-0.4, -0.2) is 50.0 Å². The average molecular weight is 520 g/mol. The fourth-order valence-electron chi connectivity index (χ4n) is 3.70. The predicted octanol–water partition coefficient (Wildman–Crippen LogP) is 6.45. The van der Waals surface area contributed by atoms with Crippen molar-refractivity contribution in [2.24, 2.45) is 0 Å². The number of carbonyl (C=O) groups excluding carboxylic acids is 2. The number of nitrogens with zero attached hydrogens (tertiary/aromatic N) is 5. The number of anilines is 1. The number of fused-ring (bicyclic) bond motifs is 1. The first-order valence-corrected chi connectivity index (χ1v) is 12.0. The highest BCUT2D eigenvalue weighted by Gasteiger charge is 2.25. The van der Waals surface area contributed by atoms with Gasteiger partial charge in [0.1, 0.15) is 17.0 Å². The van der Waals surface area contributed by atoms with E-state index < -0.39 is 29.3 Å². The number of amides is 1. The third-order valence-corrected chi connectivity index (χ3v) is 5.36.